The first kappa shape index (κ1) is 11.0. The molecule has 0 saturated carbocycles. The van der Waals surface area contributed by atoms with Gasteiger partial charge in [-0.25, -0.2) is 0 Å². The number of nitriles is 1. The first-order valence-electron chi connectivity index (χ1n) is 3.68. The maximum Gasteiger partial charge on any atom is 0.175 e. The number of hydrogen-bond acceptors (Lipinski definition) is 3. The molecule has 0 aliphatic carbocycles. The minimum absolute atomic E-state index is 0.170. The Balaban J connectivity index is 3.33. The molecular weight excluding hydrogens is 267 g/mol. The van der Waals surface area contributed by atoms with E-state index < -0.39 is 0 Å². The molecule has 0 fully saturated rings. The molecule has 0 aliphatic rings. The summed E-state index contributed by atoms with van der Waals surface area (Å²) in [6.07, 6.45) is 0. The van der Waals surface area contributed by atoms with Gasteiger partial charge in [0.15, 0.2) is 5.78 Å². The van der Waals surface area contributed by atoms with Crippen LogP contribution < -0.4 is 5.73 Å². The zero-order valence-corrected chi connectivity index (χ0v) is 9.39. The molecule has 0 atom stereocenters. The van der Waals surface area contributed by atoms with Gasteiger partial charge in [0, 0.05) is 11.3 Å². The number of ketones is 1. The van der Waals surface area contributed by atoms with E-state index in [1.165, 1.54) is 12.1 Å². The summed E-state index contributed by atoms with van der Waals surface area (Å²) in [5.41, 5.74) is 6.45. The van der Waals surface area contributed by atoms with Crippen LogP contribution in [0.2, 0.25) is 5.02 Å². The Bertz CT molecular complexity index is 426. The minimum atomic E-state index is -0.171. The normalized spacial score (nSPS) is 9.50. The van der Waals surface area contributed by atoms with Crippen molar-refractivity contribution < 1.29 is 4.79 Å². The SMILES string of the molecule is N#Cc1cc(C(=O)CBr)c(N)cc1Cl. The van der Waals surface area contributed by atoms with Gasteiger partial charge in [0.2, 0.25) is 0 Å². The Morgan fingerprint density at radius 3 is 2.79 bits per heavy atom. The lowest BCUT2D eigenvalue weighted by atomic mass is 10.1. The Labute approximate surface area is 94.6 Å². The number of nitrogens with two attached hydrogens (primary N) is 1. The first-order chi connectivity index (χ1) is 6.60. The van der Waals surface area contributed by atoms with E-state index in [1.54, 1.807) is 0 Å². The number of alkyl halides is 1. The summed E-state index contributed by atoms with van der Waals surface area (Å²) in [5.74, 6) is -0.171. The van der Waals surface area contributed by atoms with Crippen molar-refractivity contribution in [1.82, 2.24) is 0 Å². The summed E-state index contributed by atoms with van der Waals surface area (Å²) < 4.78 is 0. The van der Waals surface area contributed by atoms with Gasteiger partial charge in [0.05, 0.1) is 15.9 Å². The van der Waals surface area contributed by atoms with Crippen LogP contribution in [0.1, 0.15) is 15.9 Å². The van der Waals surface area contributed by atoms with Crippen LogP contribution in [0.5, 0.6) is 0 Å². The molecule has 1 rings (SSSR count). The number of benzene rings is 1. The highest BCUT2D eigenvalue weighted by Gasteiger charge is 2.11. The Hall–Kier alpha value is -1.05. The summed E-state index contributed by atoms with van der Waals surface area (Å²) in [4.78, 5) is 11.3. The summed E-state index contributed by atoms with van der Waals surface area (Å²) in [6.45, 7) is 0. The van der Waals surface area contributed by atoms with Crippen molar-refractivity contribution in [3.63, 3.8) is 0 Å². The van der Waals surface area contributed by atoms with Gasteiger partial charge >= 0.3 is 0 Å². The van der Waals surface area contributed by atoms with Crippen molar-refractivity contribution in [2.45, 2.75) is 0 Å². The number of hydrogen-bond donors (Lipinski definition) is 1. The highest BCUT2D eigenvalue weighted by atomic mass is 79.9. The van der Waals surface area contributed by atoms with E-state index in [0.717, 1.165) is 0 Å². The monoisotopic (exact) mass is 272 g/mol. The highest BCUT2D eigenvalue weighted by molar-refractivity contribution is 9.09. The van der Waals surface area contributed by atoms with Gasteiger partial charge in [-0.05, 0) is 12.1 Å². The number of nitrogens with zero attached hydrogens (tertiary/aromatic N) is 1. The van der Waals surface area contributed by atoms with E-state index in [9.17, 15) is 4.79 Å². The summed E-state index contributed by atoms with van der Waals surface area (Å²) in [5, 5.41) is 9.12. The Morgan fingerprint density at radius 1 is 1.64 bits per heavy atom. The number of carbonyl (C=O) groups is 1. The second-order valence-electron chi connectivity index (χ2n) is 2.59. The summed E-state index contributed by atoms with van der Waals surface area (Å²) in [7, 11) is 0. The van der Waals surface area contributed by atoms with Gasteiger partial charge in [0.25, 0.3) is 0 Å². The topological polar surface area (TPSA) is 66.9 Å². The van der Waals surface area contributed by atoms with Crippen LogP contribution in [0.25, 0.3) is 0 Å². The molecular formula is C9H6BrClN2O. The quantitative estimate of drug-likeness (QED) is 0.511. The third-order valence-corrected chi connectivity index (χ3v) is 2.50. The molecule has 0 aliphatic heterocycles. The molecule has 1 aromatic carbocycles. The molecule has 0 bridgehead atoms. The lowest BCUT2D eigenvalue weighted by Gasteiger charge is -2.04. The number of carbonyl (C=O) groups excluding carboxylic acids is 1. The molecule has 2 N–H and O–H groups in total. The average molecular weight is 274 g/mol. The van der Waals surface area contributed by atoms with Crippen molar-refractivity contribution in [3.8, 4) is 6.07 Å². The third kappa shape index (κ3) is 2.06. The van der Waals surface area contributed by atoms with Gasteiger partial charge in [0.1, 0.15) is 6.07 Å². The van der Waals surface area contributed by atoms with Crippen LogP contribution >= 0.6 is 27.5 Å². The van der Waals surface area contributed by atoms with Gasteiger partial charge in [-0.2, -0.15) is 5.26 Å². The maximum absolute atomic E-state index is 11.3. The van der Waals surface area contributed by atoms with Crippen molar-refractivity contribution >= 4 is 39.0 Å². The maximum atomic E-state index is 11.3. The average Bonchev–Trinajstić information content (AvgIpc) is 2.17. The molecule has 0 spiro atoms. The van der Waals surface area contributed by atoms with Gasteiger partial charge < -0.3 is 5.73 Å². The van der Waals surface area contributed by atoms with Crippen molar-refractivity contribution in [2.75, 3.05) is 11.1 Å². The number of Topliss-reactive ketones (excluding diaryl/α,β-unsaturated/α-hetero) is 1. The predicted octanol–water partition coefficient (Wildman–Crippen LogP) is 2.37. The molecule has 0 saturated heterocycles. The number of halogens is 2. The van der Waals surface area contributed by atoms with Crippen LogP contribution in [0.15, 0.2) is 12.1 Å². The molecule has 72 valence electrons. The van der Waals surface area contributed by atoms with E-state index in [1.807, 2.05) is 6.07 Å². The first-order valence-corrected chi connectivity index (χ1v) is 5.18. The fourth-order valence-corrected chi connectivity index (χ4v) is 1.50. The van der Waals surface area contributed by atoms with Crippen molar-refractivity contribution in [3.05, 3.63) is 28.3 Å². The van der Waals surface area contributed by atoms with Crippen LogP contribution in [0.4, 0.5) is 5.69 Å². The Morgan fingerprint density at radius 2 is 2.29 bits per heavy atom. The van der Waals surface area contributed by atoms with Crippen molar-refractivity contribution in [1.29, 1.82) is 5.26 Å². The lowest BCUT2D eigenvalue weighted by Crippen LogP contribution is -2.05. The smallest absolute Gasteiger partial charge is 0.175 e. The van der Waals surface area contributed by atoms with E-state index in [4.69, 9.17) is 22.6 Å². The van der Waals surface area contributed by atoms with E-state index >= 15 is 0 Å². The van der Waals surface area contributed by atoms with E-state index in [2.05, 4.69) is 15.9 Å². The molecule has 14 heavy (non-hydrogen) atoms. The zero-order valence-electron chi connectivity index (χ0n) is 7.05. The van der Waals surface area contributed by atoms with Gasteiger partial charge in [-0.3, -0.25) is 4.79 Å². The van der Waals surface area contributed by atoms with Crippen LogP contribution in [-0.4, -0.2) is 11.1 Å². The number of nitrogen functional groups attached to an aromatic ring is 1. The Kier molecular flexibility index (Phi) is 3.50. The molecule has 0 heterocycles. The molecule has 5 heteroatoms. The summed E-state index contributed by atoms with van der Waals surface area (Å²) >= 11 is 8.75. The molecule has 0 radical (unpaired) electrons. The number of anilines is 1. The fraction of sp³-hybridized carbons (Fsp3) is 0.111. The van der Waals surface area contributed by atoms with Crippen molar-refractivity contribution in [2.24, 2.45) is 0 Å². The third-order valence-electron chi connectivity index (χ3n) is 1.68. The highest BCUT2D eigenvalue weighted by Crippen LogP contribution is 2.23. The lowest BCUT2D eigenvalue weighted by molar-refractivity contribution is 0.102. The molecule has 1 aromatic rings. The minimum Gasteiger partial charge on any atom is -0.398 e. The molecule has 3 nitrogen and oxygen atoms in total. The second-order valence-corrected chi connectivity index (χ2v) is 3.56. The summed E-state index contributed by atoms with van der Waals surface area (Å²) in [6, 6.07) is 4.70. The molecule has 0 amide bonds. The fourth-order valence-electron chi connectivity index (χ4n) is 0.988. The van der Waals surface area contributed by atoms with Crippen LogP contribution in [-0.2, 0) is 0 Å². The van der Waals surface area contributed by atoms with E-state index in [0.29, 0.717) is 11.3 Å². The molecule has 0 aromatic heterocycles. The van der Waals surface area contributed by atoms with Gasteiger partial charge in [-0.1, -0.05) is 27.5 Å². The van der Waals surface area contributed by atoms with E-state index in [-0.39, 0.29) is 21.7 Å². The molecule has 0 unspecified atom stereocenters. The van der Waals surface area contributed by atoms with Crippen LogP contribution in [0.3, 0.4) is 0 Å². The largest absolute Gasteiger partial charge is 0.398 e. The zero-order chi connectivity index (χ0) is 10.7. The second kappa shape index (κ2) is 4.45. The predicted molar refractivity (Wildman–Crippen MR) is 58.7 cm³/mol. The van der Waals surface area contributed by atoms with Gasteiger partial charge in [-0.15, -0.1) is 0 Å². The standard InChI is InChI=1S/C9H6BrClN2O/c10-3-9(14)6-1-5(4-12)7(11)2-8(6)13/h1-2H,3,13H2. The van der Waals surface area contributed by atoms with Crippen LogP contribution in [0, 0.1) is 11.3 Å². The number of rotatable bonds is 2.